The van der Waals surface area contributed by atoms with E-state index in [1.54, 1.807) is 11.8 Å². The standard InChI is InChI=1S/C17H15N2S/c1-2-20-17-18-15(13-9-5-3-6-10-13)16(19-17)14-11-7-4-8-12-14/h3-12H,1-2H2,(H,18,19). The largest absolute Gasteiger partial charge is 0.332 e. The Hall–Kier alpha value is -2.00. The van der Waals surface area contributed by atoms with E-state index < -0.39 is 0 Å². The first kappa shape index (κ1) is 13.0. The molecule has 0 fully saturated rings. The van der Waals surface area contributed by atoms with E-state index in [1.807, 2.05) is 36.4 Å². The van der Waals surface area contributed by atoms with Crippen molar-refractivity contribution in [2.24, 2.45) is 0 Å². The lowest BCUT2D eigenvalue weighted by molar-refractivity contribution is 1.06. The smallest absolute Gasteiger partial charge is 0.166 e. The summed E-state index contributed by atoms with van der Waals surface area (Å²) in [6.45, 7) is 3.87. The maximum Gasteiger partial charge on any atom is 0.166 e. The van der Waals surface area contributed by atoms with Crippen LogP contribution in [0.4, 0.5) is 0 Å². The molecule has 2 aromatic carbocycles. The predicted octanol–water partition coefficient (Wildman–Crippen LogP) is 4.67. The second-order valence-electron chi connectivity index (χ2n) is 4.35. The highest BCUT2D eigenvalue weighted by Gasteiger charge is 2.13. The number of aromatic nitrogens is 2. The summed E-state index contributed by atoms with van der Waals surface area (Å²) in [7, 11) is 0. The lowest BCUT2D eigenvalue weighted by atomic mass is 10.1. The van der Waals surface area contributed by atoms with Gasteiger partial charge in [0, 0.05) is 16.9 Å². The van der Waals surface area contributed by atoms with E-state index in [-0.39, 0.29) is 0 Å². The average Bonchev–Trinajstić information content (AvgIpc) is 2.93. The van der Waals surface area contributed by atoms with Crippen molar-refractivity contribution in [2.75, 3.05) is 5.75 Å². The number of nitrogens with zero attached hydrogens (tertiary/aromatic N) is 1. The highest BCUT2D eigenvalue weighted by Crippen LogP contribution is 2.32. The monoisotopic (exact) mass is 279 g/mol. The fraction of sp³-hybridized carbons (Fsp3) is 0.0588. The molecular weight excluding hydrogens is 264 g/mol. The van der Waals surface area contributed by atoms with Crippen LogP contribution in [0.5, 0.6) is 0 Å². The molecule has 0 aliphatic carbocycles. The molecule has 1 aromatic heterocycles. The molecule has 2 nitrogen and oxygen atoms in total. The number of hydrogen-bond donors (Lipinski definition) is 1. The molecule has 0 saturated heterocycles. The van der Waals surface area contributed by atoms with Gasteiger partial charge in [-0.2, -0.15) is 0 Å². The van der Waals surface area contributed by atoms with Gasteiger partial charge in [-0.1, -0.05) is 72.4 Å². The zero-order valence-corrected chi connectivity index (χ0v) is 11.9. The number of imidazole rings is 1. The zero-order chi connectivity index (χ0) is 13.8. The van der Waals surface area contributed by atoms with Crippen LogP contribution in [0, 0.1) is 6.92 Å². The first-order valence-electron chi connectivity index (χ1n) is 6.51. The van der Waals surface area contributed by atoms with Crippen LogP contribution < -0.4 is 0 Å². The quantitative estimate of drug-likeness (QED) is 0.703. The summed E-state index contributed by atoms with van der Waals surface area (Å²) >= 11 is 1.62. The number of aromatic amines is 1. The summed E-state index contributed by atoms with van der Waals surface area (Å²) in [5.41, 5.74) is 4.33. The van der Waals surface area contributed by atoms with Crippen molar-refractivity contribution in [3.05, 3.63) is 67.6 Å². The van der Waals surface area contributed by atoms with Crippen molar-refractivity contribution >= 4 is 11.8 Å². The molecule has 0 atom stereocenters. The van der Waals surface area contributed by atoms with Gasteiger partial charge in [0.05, 0.1) is 11.4 Å². The van der Waals surface area contributed by atoms with Gasteiger partial charge in [-0.3, -0.25) is 0 Å². The topological polar surface area (TPSA) is 28.7 Å². The van der Waals surface area contributed by atoms with Crippen LogP contribution in [0.2, 0.25) is 0 Å². The minimum absolute atomic E-state index is 0.760. The molecule has 0 aliphatic heterocycles. The summed E-state index contributed by atoms with van der Waals surface area (Å²) < 4.78 is 0. The third-order valence-corrected chi connectivity index (χ3v) is 3.70. The minimum Gasteiger partial charge on any atom is -0.332 e. The van der Waals surface area contributed by atoms with Crippen molar-refractivity contribution in [3.63, 3.8) is 0 Å². The van der Waals surface area contributed by atoms with Gasteiger partial charge in [-0.25, -0.2) is 4.98 Å². The van der Waals surface area contributed by atoms with Crippen LogP contribution in [-0.4, -0.2) is 15.7 Å². The Labute approximate surface area is 123 Å². The highest BCUT2D eigenvalue weighted by atomic mass is 32.2. The van der Waals surface area contributed by atoms with Crippen molar-refractivity contribution in [2.45, 2.75) is 5.16 Å². The molecule has 0 saturated carbocycles. The summed E-state index contributed by atoms with van der Waals surface area (Å²) in [4.78, 5) is 8.12. The molecule has 3 aromatic rings. The van der Waals surface area contributed by atoms with Crippen LogP contribution in [0.1, 0.15) is 0 Å². The Bertz CT molecular complexity index is 618. The van der Waals surface area contributed by atoms with E-state index in [9.17, 15) is 0 Å². The Morgan fingerprint density at radius 2 is 1.50 bits per heavy atom. The Morgan fingerprint density at radius 1 is 0.900 bits per heavy atom. The van der Waals surface area contributed by atoms with Crippen LogP contribution >= 0.6 is 11.8 Å². The van der Waals surface area contributed by atoms with Crippen molar-refractivity contribution < 1.29 is 0 Å². The summed E-state index contributed by atoms with van der Waals surface area (Å²) in [5.74, 6) is 0.760. The average molecular weight is 279 g/mol. The van der Waals surface area contributed by atoms with Crippen molar-refractivity contribution in [1.82, 2.24) is 9.97 Å². The van der Waals surface area contributed by atoms with Crippen LogP contribution in [0.3, 0.4) is 0 Å². The zero-order valence-electron chi connectivity index (χ0n) is 11.0. The Kier molecular flexibility index (Phi) is 3.88. The predicted molar refractivity (Wildman–Crippen MR) is 85.5 cm³/mol. The van der Waals surface area contributed by atoms with Gasteiger partial charge in [-0.05, 0) is 6.92 Å². The molecule has 3 heteroatoms. The number of rotatable bonds is 4. The Balaban J connectivity index is 2.13. The molecule has 1 heterocycles. The van der Waals surface area contributed by atoms with Gasteiger partial charge >= 0.3 is 0 Å². The van der Waals surface area contributed by atoms with Gasteiger partial charge in [0.1, 0.15) is 0 Å². The Morgan fingerprint density at radius 3 is 2.10 bits per heavy atom. The van der Waals surface area contributed by atoms with Gasteiger partial charge in [-0.15, -0.1) is 0 Å². The van der Waals surface area contributed by atoms with Crippen LogP contribution in [-0.2, 0) is 0 Å². The second-order valence-corrected chi connectivity index (χ2v) is 5.43. The summed E-state index contributed by atoms with van der Waals surface area (Å²) in [6, 6.07) is 20.6. The third-order valence-electron chi connectivity index (χ3n) is 3.03. The number of nitrogens with one attached hydrogen (secondary N) is 1. The van der Waals surface area contributed by atoms with Crippen molar-refractivity contribution in [1.29, 1.82) is 0 Å². The number of hydrogen-bond acceptors (Lipinski definition) is 2. The van der Waals surface area contributed by atoms with E-state index in [4.69, 9.17) is 4.98 Å². The molecule has 0 aliphatic rings. The molecular formula is C17H15N2S. The normalized spacial score (nSPS) is 10.7. The lowest BCUT2D eigenvalue weighted by Crippen LogP contribution is -1.82. The number of thioether (sulfide) groups is 1. The fourth-order valence-corrected chi connectivity index (χ4v) is 2.66. The molecule has 0 unspecified atom stereocenters. The van der Waals surface area contributed by atoms with E-state index in [1.165, 1.54) is 0 Å². The fourth-order valence-electron chi connectivity index (χ4n) is 2.14. The first-order chi connectivity index (χ1) is 9.88. The lowest BCUT2D eigenvalue weighted by Gasteiger charge is -2.02. The van der Waals surface area contributed by atoms with Gasteiger partial charge < -0.3 is 4.98 Å². The van der Waals surface area contributed by atoms with Gasteiger partial charge in [0.15, 0.2) is 5.16 Å². The van der Waals surface area contributed by atoms with E-state index in [2.05, 4.69) is 36.2 Å². The second kappa shape index (κ2) is 5.97. The van der Waals surface area contributed by atoms with Crippen LogP contribution in [0.25, 0.3) is 22.5 Å². The maximum absolute atomic E-state index is 4.71. The molecule has 20 heavy (non-hydrogen) atoms. The van der Waals surface area contributed by atoms with E-state index in [0.717, 1.165) is 33.4 Å². The van der Waals surface area contributed by atoms with Gasteiger partial charge in [0.2, 0.25) is 0 Å². The molecule has 99 valence electrons. The van der Waals surface area contributed by atoms with Crippen molar-refractivity contribution in [3.8, 4) is 22.5 Å². The SMILES string of the molecule is [CH2]CSc1nc(-c2ccccc2)c(-c2ccccc2)[nH]1. The highest BCUT2D eigenvalue weighted by molar-refractivity contribution is 7.99. The van der Waals surface area contributed by atoms with E-state index in [0.29, 0.717) is 0 Å². The molecule has 0 spiro atoms. The first-order valence-corrected chi connectivity index (χ1v) is 7.50. The molecule has 1 N–H and O–H groups in total. The third kappa shape index (κ3) is 2.63. The minimum atomic E-state index is 0.760. The van der Waals surface area contributed by atoms with E-state index >= 15 is 0 Å². The number of H-pyrrole nitrogens is 1. The van der Waals surface area contributed by atoms with Crippen LogP contribution in [0.15, 0.2) is 65.8 Å². The molecule has 3 rings (SSSR count). The molecule has 0 amide bonds. The maximum atomic E-state index is 4.71. The summed E-state index contributed by atoms with van der Waals surface area (Å²) in [5, 5.41) is 0.915. The molecule has 1 radical (unpaired) electrons. The summed E-state index contributed by atoms with van der Waals surface area (Å²) in [6.07, 6.45) is 0. The number of benzene rings is 2. The van der Waals surface area contributed by atoms with Gasteiger partial charge in [0.25, 0.3) is 0 Å². The molecule has 0 bridgehead atoms.